The first-order valence-corrected chi connectivity index (χ1v) is 10.6. The van der Waals surface area contributed by atoms with Crippen molar-refractivity contribution in [2.45, 2.75) is 38.1 Å². The highest BCUT2D eigenvalue weighted by molar-refractivity contribution is 7.98. The molecule has 30 heavy (non-hydrogen) atoms. The molecule has 0 saturated heterocycles. The summed E-state index contributed by atoms with van der Waals surface area (Å²) in [5.74, 6) is -2.21. The predicted molar refractivity (Wildman–Crippen MR) is 111 cm³/mol. The molecule has 3 amide bonds. The molecule has 0 heterocycles. The van der Waals surface area contributed by atoms with Gasteiger partial charge in [0.2, 0.25) is 11.8 Å². The highest BCUT2D eigenvalue weighted by Crippen LogP contribution is 2.04. The summed E-state index contributed by atoms with van der Waals surface area (Å²) in [5, 5.41) is 24.9. The largest absolute Gasteiger partial charge is 0.480 e. The van der Waals surface area contributed by atoms with E-state index in [0.717, 1.165) is 5.56 Å². The summed E-state index contributed by atoms with van der Waals surface area (Å²) in [4.78, 5) is 47.6. The van der Waals surface area contributed by atoms with Gasteiger partial charge in [-0.2, -0.15) is 11.8 Å². The van der Waals surface area contributed by atoms with Crippen LogP contribution in [0.15, 0.2) is 30.3 Å². The number of benzene rings is 1. The number of carbonyl (C=O) groups excluding carboxylic acids is 3. The molecular formula is C19H27N3O7S. The number of hydrogen-bond donors (Lipinski definition) is 5. The zero-order valence-corrected chi connectivity index (χ0v) is 17.6. The monoisotopic (exact) mass is 441 g/mol. The minimum absolute atomic E-state index is 0.0418. The van der Waals surface area contributed by atoms with E-state index in [0.29, 0.717) is 12.2 Å². The van der Waals surface area contributed by atoms with E-state index in [1.165, 1.54) is 18.7 Å². The van der Waals surface area contributed by atoms with Gasteiger partial charge in [0.05, 0.1) is 6.61 Å². The Bertz CT molecular complexity index is 717. The summed E-state index contributed by atoms with van der Waals surface area (Å²) in [6.45, 7) is 0.621. The summed E-state index contributed by atoms with van der Waals surface area (Å²) in [5.41, 5.74) is 0.792. The molecule has 0 aliphatic carbocycles. The number of carbonyl (C=O) groups is 4. The van der Waals surface area contributed by atoms with Gasteiger partial charge in [0.15, 0.2) is 0 Å². The lowest BCUT2D eigenvalue weighted by molar-refractivity contribution is -0.143. The summed E-state index contributed by atoms with van der Waals surface area (Å²) < 4.78 is 5.13. The summed E-state index contributed by atoms with van der Waals surface area (Å²) >= 11 is 1.48. The molecule has 0 fully saturated rings. The summed E-state index contributed by atoms with van der Waals surface area (Å²) in [6, 6.07) is 5.55. The van der Waals surface area contributed by atoms with Gasteiger partial charge < -0.3 is 30.9 Å². The van der Waals surface area contributed by atoms with Crippen molar-refractivity contribution >= 4 is 35.6 Å². The van der Waals surface area contributed by atoms with E-state index in [1.807, 2.05) is 24.5 Å². The Balaban J connectivity index is 2.62. The zero-order valence-electron chi connectivity index (χ0n) is 16.8. The first-order valence-electron chi connectivity index (χ1n) is 9.19. The molecule has 1 rings (SSSR count). The Hall–Kier alpha value is -2.79. The molecule has 166 valence electrons. The van der Waals surface area contributed by atoms with Crippen LogP contribution in [0.4, 0.5) is 4.79 Å². The number of aliphatic hydroxyl groups excluding tert-OH is 1. The topological polar surface area (TPSA) is 154 Å². The third-order valence-electron chi connectivity index (χ3n) is 3.98. The SMILES string of the molecule is CSCC[C@H](NC(=O)OCc1ccccc1)C(=O)N[C@@H](C)C(=O)N[C@@H](CO)C(=O)O. The molecule has 0 aliphatic heterocycles. The lowest BCUT2D eigenvalue weighted by atomic mass is 10.2. The quantitative estimate of drug-likeness (QED) is 0.306. The molecule has 11 heteroatoms. The van der Waals surface area contributed by atoms with Gasteiger partial charge in [-0.05, 0) is 30.9 Å². The highest BCUT2D eigenvalue weighted by Gasteiger charge is 2.27. The van der Waals surface area contributed by atoms with Gasteiger partial charge in [0.1, 0.15) is 24.7 Å². The van der Waals surface area contributed by atoms with Gasteiger partial charge in [-0.25, -0.2) is 9.59 Å². The fraction of sp³-hybridized carbons (Fsp3) is 0.474. The number of ether oxygens (including phenoxy) is 1. The second kappa shape index (κ2) is 13.4. The number of aliphatic carboxylic acids is 1. The lowest BCUT2D eigenvalue weighted by Crippen LogP contribution is -2.55. The maximum atomic E-state index is 12.5. The van der Waals surface area contributed by atoms with Crippen LogP contribution in [0.1, 0.15) is 18.9 Å². The third-order valence-corrected chi connectivity index (χ3v) is 4.63. The van der Waals surface area contributed by atoms with Crippen LogP contribution in [0.3, 0.4) is 0 Å². The number of thioether (sulfide) groups is 1. The van der Waals surface area contributed by atoms with E-state index in [2.05, 4.69) is 16.0 Å². The van der Waals surface area contributed by atoms with E-state index in [4.69, 9.17) is 14.9 Å². The smallest absolute Gasteiger partial charge is 0.408 e. The molecule has 0 bridgehead atoms. The van der Waals surface area contributed by atoms with Gasteiger partial charge in [-0.3, -0.25) is 9.59 Å². The minimum atomic E-state index is -1.48. The Morgan fingerprint density at radius 2 is 1.70 bits per heavy atom. The van der Waals surface area contributed by atoms with E-state index in [1.54, 1.807) is 12.1 Å². The van der Waals surface area contributed by atoms with E-state index in [-0.39, 0.29) is 6.61 Å². The average Bonchev–Trinajstić information content (AvgIpc) is 2.73. The molecule has 0 radical (unpaired) electrons. The van der Waals surface area contributed by atoms with Crippen LogP contribution in [0.2, 0.25) is 0 Å². The molecule has 0 aromatic heterocycles. The second-order valence-electron chi connectivity index (χ2n) is 6.35. The number of carboxylic acids is 1. The standard InChI is InChI=1S/C19H27N3O7S/c1-12(16(24)21-15(10-23)18(26)27)20-17(25)14(8-9-30-2)22-19(28)29-11-13-6-4-3-5-7-13/h3-7,12,14-15,23H,8-11H2,1-2H3,(H,20,25)(H,21,24)(H,22,28)(H,26,27)/t12-,14-,15-/m0/s1. The van der Waals surface area contributed by atoms with Crippen LogP contribution in [-0.2, 0) is 25.7 Å². The van der Waals surface area contributed by atoms with Crippen molar-refractivity contribution in [3.05, 3.63) is 35.9 Å². The predicted octanol–water partition coefficient (Wildman–Crippen LogP) is 0.101. The third kappa shape index (κ3) is 9.14. The fourth-order valence-electron chi connectivity index (χ4n) is 2.27. The number of amides is 3. The van der Waals surface area contributed by atoms with Crippen LogP contribution in [0.5, 0.6) is 0 Å². The van der Waals surface area contributed by atoms with Gasteiger partial charge in [-0.1, -0.05) is 30.3 Å². The van der Waals surface area contributed by atoms with Crippen molar-refractivity contribution in [3.63, 3.8) is 0 Å². The Morgan fingerprint density at radius 1 is 1.03 bits per heavy atom. The van der Waals surface area contributed by atoms with Crippen LogP contribution in [0, 0.1) is 0 Å². The Labute approximate surface area is 178 Å². The van der Waals surface area contributed by atoms with Gasteiger partial charge >= 0.3 is 12.1 Å². The molecule has 5 N–H and O–H groups in total. The van der Waals surface area contributed by atoms with E-state index < -0.39 is 48.6 Å². The number of rotatable bonds is 12. The average molecular weight is 442 g/mol. The lowest BCUT2D eigenvalue weighted by Gasteiger charge is -2.21. The summed E-state index contributed by atoms with van der Waals surface area (Å²) in [7, 11) is 0. The number of nitrogens with one attached hydrogen (secondary N) is 3. The van der Waals surface area contributed by atoms with Crippen LogP contribution in [0.25, 0.3) is 0 Å². The Kier molecular flexibility index (Phi) is 11.3. The van der Waals surface area contributed by atoms with Crippen molar-refractivity contribution in [2.24, 2.45) is 0 Å². The molecule has 1 aromatic rings. The molecule has 0 unspecified atom stereocenters. The van der Waals surface area contributed by atoms with Gasteiger partial charge in [0.25, 0.3) is 0 Å². The maximum Gasteiger partial charge on any atom is 0.408 e. The number of carboxylic acid groups (broad SMARTS) is 1. The van der Waals surface area contributed by atoms with Crippen LogP contribution < -0.4 is 16.0 Å². The molecule has 0 saturated carbocycles. The second-order valence-corrected chi connectivity index (χ2v) is 7.34. The van der Waals surface area contributed by atoms with Gasteiger partial charge in [0, 0.05) is 0 Å². The number of aliphatic hydroxyl groups is 1. The molecule has 1 aromatic carbocycles. The minimum Gasteiger partial charge on any atom is -0.480 e. The van der Waals surface area contributed by atoms with Crippen molar-refractivity contribution in [1.29, 1.82) is 0 Å². The number of alkyl carbamates (subject to hydrolysis) is 1. The van der Waals surface area contributed by atoms with E-state index >= 15 is 0 Å². The first kappa shape index (κ1) is 25.2. The van der Waals surface area contributed by atoms with Crippen molar-refractivity contribution < 1.29 is 34.1 Å². The molecule has 10 nitrogen and oxygen atoms in total. The van der Waals surface area contributed by atoms with E-state index in [9.17, 15) is 19.2 Å². The molecular weight excluding hydrogens is 414 g/mol. The van der Waals surface area contributed by atoms with Crippen molar-refractivity contribution in [2.75, 3.05) is 18.6 Å². The molecule has 3 atom stereocenters. The fourth-order valence-corrected chi connectivity index (χ4v) is 2.74. The molecule has 0 spiro atoms. The number of hydrogen-bond acceptors (Lipinski definition) is 7. The molecule has 0 aliphatic rings. The van der Waals surface area contributed by atoms with Crippen LogP contribution in [-0.4, -0.2) is 70.8 Å². The zero-order chi connectivity index (χ0) is 22.5. The Morgan fingerprint density at radius 3 is 2.27 bits per heavy atom. The van der Waals surface area contributed by atoms with Crippen molar-refractivity contribution in [3.8, 4) is 0 Å². The maximum absolute atomic E-state index is 12.5. The van der Waals surface area contributed by atoms with Crippen molar-refractivity contribution in [1.82, 2.24) is 16.0 Å². The highest BCUT2D eigenvalue weighted by atomic mass is 32.2. The first-order chi connectivity index (χ1) is 14.3. The summed E-state index contributed by atoms with van der Waals surface area (Å²) in [6.07, 6.45) is 1.37. The van der Waals surface area contributed by atoms with Crippen LogP contribution >= 0.6 is 11.8 Å². The normalized spacial score (nSPS) is 13.4. The van der Waals surface area contributed by atoms with Gasteiger partial charge in [-0.15, -0.1) is 0 Å².